The molecule has 2 aromatic carbocycles. The van der Waals surface area contributed by atoms with Crippen LogP contribution in [0.15, 0.2) is 67.0 Å². The normalized spacial score (nSPS) is 10.5. The maximum absolute atomic E-state index is 11.2. The standard InChI is InChI=1S/C19H19N3O/c1-15(23)21-19-9-5-8-17(12-19)18-13-20-22(14-18)11-10-16-6-3-2-4-7-16/h2-9,12-14H,10-11H2,1H3,(H,21,23). The van der Waals surface area contributed by atoms with E-state index >= 15 is 0 Å². The summed E-state index contributed by atoms with van der Waals surface area (Å²) in [5.41, 5.74) is 4.19. The third-order valence-corrected chi connectivity index (χ3v) is 3.62. The lowest BCUT2D eigenvalue weighted by Crippen LogP contribution is -2.05. The number of aromatic nitrogens is 2. The van der Waals surface area contributed by atoms with E-state index in [1.807, 2.05) is 47.4 Å². The van der Waals surface area contributed by atoms with Crippen LogP contribution >= 0.6 is 0 Å². The molecule has 0 spiro atoms. The van der Waals surface area contributed by atoms with Crippen LogP contribution in [0.4, 0.5) is 5.69 Å². The Kier molecular flexibility index (Phi) is 4.52. The van der Waals surface area contributed by atoms with Gasteiger partial charge in [0.25, 0.3) is 0 Å². The van der Waals surface area contributed by atoms with Crippen LogP contribution in [0.5, 0.6) is 0 Å². The molecule has 3 aromatic rings. The van der Waals surface area contributed by atoms with Gasteiger partial charge in [0, 0.05) is 30.9 Å². The maximum atomic E-state index is 11.2. The molecule has 116 valence electrons. The average molecular weight is 305 g/mol. The van der Waals surface area contributed by atoms with E-state index in [2.05, 4.69) is 34.7 Å². The number of amides is 1. The van der Waals surface area contributed by atoms with E-state index in [0.29, 0.717) is 0 Å². The molecule has 1 aromatic heterocycles. The van der Waals surface area contributed by atoms with E-state index in [-0.39, 0.29) is 5.91 Å². The molecule has 0 aliphatic heterocycles. The number of hydrogen-bond donors (Lipinski definition) is 1. The van der Waals surface area contributed by atoms with E-state index in [4.69, 9.17) is 0 Å². The highest BCUT2D eigenvalue weighted by Gasteiger charge is 2.04. The first-order valence-corrected chi connectivity index (χ1v) is 7.65. The van der Waals surface area contributed by atoms with Gasteiger partial charge in [-0.15, -0.1) is 0 Å². The molecule has 4 nitrogen and oxygen atoms in total. The molecule has 1 heterocycles. The van der Waals surface area contributed by atoms with Gasteiger partial charge in [-0.1, -0.05) is 42.5 Å². The predicted octanol–water partition coefficient (Wildman–Crippen LogP) is 3.75. The van der Waals surface area contributed by atoms with Crippen molar-refractivity contribution in [3.8, 4) is 11.1 Å². The van der Waals surface area contributed by atoms with Crippen LogP contribution in [0.3, 0.4) is 0 Å². The lowest BCUT2D eigenvalue weighted by atomic mass is 10.1. The highest BCUT2D eigenvalue weighted by molar-refractivity contribution is 5.89. The average Bonchev–Trinajstić information content (AvgIpc) is 3.03. The fourth-order valence-corrected chi connectivity index (χ4v) is 2.50. The predicted molar refractivity (Wildman–Crippen MR) is 92.1 cm³/mol. The van der Waals surface area contributed by atoms with Crippen LogP contribution < -0.4 is 5.32 Å². The van der Waals surface area contributed by atoms with Gasteiger partial charge in [0.15, 0.2) is 0 Å². The molecule has 1 N–H and O–H groups in total. The van der Waals surface area contributed by atoms with Gasteiger partial charge < -0.3 is 5.32 Å². The van der Waals surface area contributed by atoms with Crippen molar-refractivity contribution in [2.45, 2.75) is 19.9 Å². The van der Waals surface area contributed by atoms with Crippen LogP contribution in [0, 0.1) is 0 Å². The zero-order valence-corrected chi connectivity index (χ0v) is 13.1. The SMILES string of the molecule is CC(=O)Nc1cccc(-c2cnn(CCc3ccccc3)c2)c1. The van der Waals surface area contributed by atoms with Crippen molar-refractivity contribution in [2.24, 2.45) is 0 Å². The third-order valence-electron chi connectivity index (χ3n) is 3.62. The second kappa shape index (κ2) is 6.92. The molecular formula is C19H19N3O. The summed E-state index contributed by atoms with van der Waals surface area (Å²) < 4.78 is 1.95. The summed E-state index contributed by atoms with van der Waals surface area (Å²) in [6.07, 6.45) is 4.85. The lowest BCUT2D eigenvalue weighted by Gasteiger charge is -2.04. The highest BCUT2D eigenvalue weighted by atomic mass is 16.1. The van der Waals surface area contributed by atoms with Gasteiger partial charge in [0.05, 0.1) is 6.20 Å². The Morgan fingerprint density at radius 3 is 2.70 bits per heavy atom. The molecule has 3 rings (SSSR count). The smallest absolute Gasteiger partial charge is 0.221 e. The summed E-state index contributed by atoms with van der Waals surface area (Å²) in [7, 11) is 0. The number of nitrogens with zero attached hydrogens (tertiary/aromatic N) is 2. The van der Waals surface area contributed by atoms with Crippen molar-refractivity contribution in [1.82, 2.24) is 9.78 Å². The zero-order chi connectivity index (χ0) is 16.1. The quantitative estimate of drug-likeness (QED) is 0.780. The molecule has 1 amide bonds. The van der Waals surface area contributed by atoms with Crippen LogP contribution in [-0.4, -0.2) is 15.7 Å². The van der Waals surface area contributed by atoms with E-state index in [9.17, 15) is 4.79 Å². The Labute approximate surface area is 135 Å². The monoisotopic (exact) mass is 305 g/mol. The second-order valence-electron chi connectivity index (χ2n) is 5.49. The van der Waals surface area contributed by atoms with E-state index in [1.54, 1.807) is 0 Å². The molecule has 0 aliphatic carbocycles. The van der Waals surface area contributed by atoms with Gasteiger partial charge in [-0.3, -0.25) is 9.48 Å². The van der Waals surface area contributed by atoms with Gasteiger partial charge in [-0.25, -0.2) is 0 Å². The first kappa shape index (κ1) is 15.0. The highest BCUT2D eigenvalue weighted by Crippen LogP contribution is 2.22. The molecule has 0 saturated heterocycles. The molecule has 0 unspecified atom stereocenters. The van der Waals surface area contributed by atoms with Gasteiger partial charge in [-0.2, -0.15) is 5.10 Å². The minimum atomic E-state index is -0.0688. The summed E-state index contributed by atoms with van der Waals surface area (Å²) in [6, 6.07) is 18.2. The van der Waals surface area contributed by atoms with E-state index in [0.717, 1.165) is 29.8 Å². The molecular weight excluding hydrogens is 286 g/mol. The van der Waals surface area contributed by atoms with Crippen molar-refractivity contribution in [3.05, 3.63) is 72.6 Å². The van der Waals surface area contributed by atoms with Crippen LogP contribution in [0.25, 0.3) is 11.1 Å². The summed E-state index contributed by atoms with van der Waals surface area (Å²) in [6.45, 7) is 2.35. The Morgan fingerprint density at radius 2 is 1.91 bits per heavy atom. The molecule has 23 heavy (non-hydrogen) atoms. The third kappa shape index (κ3) is 4.07. The number of hydrogen-bond acceptors (Lipinski definition) is 2. The van der Waals surface area contributed by atoms with Crippen molar-refractivity contribution < 1.29 is 4.79 Å². The van der Waals surface area contributed by atoms with Gasteiger partial charge >= 0.3 is 0 Å². The van der Waals surface area contributed by atoms with Crippen molar-refractivity contribution in [2.75, 3.05) is 5.32 Å². The molecule has 0 aliphatic rings. The Hall–Kier alpha value is -2.88. The van der Waals surface area contributed by atoms with Gasteiger partial charge in [0.1, 0.15) is 0 Å². The minimum absolute atomic E-state index is 0.0688. The fraction of sp³-hybridized carbons (Fsp3) is 0.158. The summed E-state index contributed by atoms with van der Waals surface area (Å²) in [5, 5.41) is 7.23. The molecule has 0 saturated carbocycles. The molecule has 0 radical (unpaired) electrons. The zero-order valence-electron chi connectivity index (χ0n) is 13.1. The van der Waals surface area contributed by atoms with Crippen molar-refractivity contribution in [3.63, 3.8) is 0 Å². The number of aryl methyl sites for hydroxylation is 2. The first-order chi connectivity index (χ1) is 11.2. The first-order valence-electron chi connectivity index (χ1n) is 7.65. The second-order valence-corrected chi connectivity index (χ2v) is 5.49. The Morgan fingerprint density at radius 1 is 1.09 bits per heavy atom. The van der Waals surface area contributed by atoms with E-state index < -0.39 is 0 Å². The Balaban J connectivity index is 1.70. The van der Waals surface area contributed by atoms with Gasteiger partial charge in [0.2, 0.25) is 5.91 Å². The number of benzene rings is 2. The molecule has 0 atom stereocenters. The minimum Gasteiger partial charge on any atom is -0.326 e. The number of anilines is 1. The van der Waals surface area contributed by atoms with Crippen molar-refractivity contribution in [1.29, 1.82) is 0 Å². The number of rotatable bonds is 5. The fourth-order valence-electron chi connectivity index (χ4n) is 2.50. The maximum Gasteiger partial charge on any atom is 0.221 e. The lowest BCUT2D eigenvalue weighted by molar-refractivity contribution is -0.114. The summed E-state index contributed by atoms with van der Waals surface area (Å²) in [5.74, 6) is -0.0688. The van der Waals surface area contributed by atoms with Crippen LogP contribution in [0.1, 0.15) is 12.5 Å². The summed E-state index contributed by atoms with van der Waals surface area (Å²) in [4.78, 5) is 11.2. The van der Waals surface area contributed by atoms with Gasteiger partial charge in [-0.05, 0) is 29.7 Å². The Bertz CT molecular complexity index is 793. The number of nitrogens with one attached hydrogen (secondary N) is 1. The van der Waals surface area contributed by atoms with Crippen LogP contribution in [-0.2, 0) is 17.8 Å². The molecule has 0 fully saturated rings. The largest absolute Gasteiger partial charge is 0.326 e. The van der Waals surface area contributed by atoms with Crippen LogP contribution in [0.2, 0.25) is 0 Å². The number of carbonyl (C=O) groups excluding carboxylic acids is 1. The topological polar surface area (TPSA) is 46.9 Å². The van der Waals surface area contributed by atoms with Crippen molar-refractivity contribution >= 4 is 11.6 Å². The molecule has 0 bridgehead atoms. The molecule has 4 heteroatoms. The summed E-state index contributed by atoms with van der Waals surface area (Å²) >= 11 is 0. The number of carbonyl (C=O) groups is 1. The van der Waals surface area contributed by atoms with E-state index in [1.165, 1.54) is 12.5 Å².